The first kappa shape index (κ1) is 15.0. The van der Waals surface area contributed by atoms with E-state index in [1.54, 1.807) is 23.5 Å². The van der Waals surface area contributed by atoms with E-state index in [0.717, 1.165) is 17.8 Å². The Hall–Kier alpha value is -1.37. The molecule has 0 aliphatic rings. The van der Waals surface area contributed by atoms with Crippen molar-refractivity contribution in [1.29, 1.82) is 0 Å². The normalized spacial score (nSPS) is 10.2. The molecule has 0 aromatic carbocycles. The molecule has 106 valence electrons. The highest BCUT2D eigenvalue weighted by atomic mass is 35.5. The Morgan fingerprint density at radius 3 is 2.80 bits per heavy atom. The van der Waals surface area contributed by atoms with Crippen molar-refractivity contribution in [3.63, 3.8) is 0 Å². The summed E-state index contributed by atoms with van der Waals surface area (Å²) in [5, 5.41) is 4.69. The molecule has 0 aliphatic heterocycles. The molecule has 0 unspecified atom stereocenters. The molecule has 0 fully saturated rings. The number of hydrogen-bond acceptors (Lipinski definition) is 5. The van der Waals surface area contributed by atoms with E-state index in [4.69, 9.17) is 16.3 Å². The first-order valence-corrected chi connectivity index (χ1v) is 7.94. The monoisotopic (exact) mass is 329 g/mol. The second-order valence-corrected chi connectivity index (χ2v) is 6.61. The molecule has 2 aromatic heterocycles. The lowest BCUT2D eigenvalue weighted by atomic mass is 10.3. The van der Waals surface area contributed by atoms with Gasteiger partial charge in [-0.1, -0.05) is 17.7 Å². The van der Waals surface area contributed by atoms with E-state index in [1.807, 2.05) is 17.5 Å². The summed E-state index contributed by atoms with van der Waals surface area (Å²) in [6, 6.07) is 7.17. The average molecular weight is 330 g/mol. The van der Waals surface area contributed by atoms with Crippen molar-refractivity contribution in [3.8, 4) is 0 Å². The maximum absolute atomic E-state index is 11.6. The Kier molecular flexibility index (Phi) is 5.58. The van der Waals surface area contributed by atoms with Crippen LogP contribution in [0.4, 0.5) is 0 Å². The first-order chi connectivity index (χ1) is 9.65. The smallest absolute Gasteiger partial charge is 0.348 e. The van der Waals surface area contributed by atoms with Crippen LogP contribution < -0.4 is 5.32 Å². The number of ether oxygens (including phenoxy) is 1. The van der Waals surface area contributed by atoms with Crippen LogP contribution in [0.2, 0.25) is 4.34 Å². The molecular weight excluding hydrogens is 318 g/mol. The van der Waals surface area contributed by atoms with Crippen molar-refractivity contribution >= 4 is 46.2 Å². The zero-order valence-electron chi connectivity index (χ0n) is 10.4. The summed E-state index contributed by atoms with van der Waals surface area (Å²) < 4.78 is 5.41. The minimum atomic E-state index is -0.532. The predicted octanol–water partition coefficient (Wildman–Crippen LogP) is 2.98. The summed E-state index contributed by atoms with van der Waals surface area (Å²) in [4.78, 5) is 24.7. The van der Waals surface area contributed by atoms with Gasteiger partial charge in [-0.2, -0.15) is 0 Å². The number of nitrogens with one attached hydrogen (secondary N) is 1. The van der Waals surface area contributed by atoms with Gasteiger partial charge in [-0.15, -0.1) is 22.7 Å². The molecule has 0 radical (unpaired) electrons. The van der Waals surface area contributed by atoms with E-state index in [0.29, 0.717) is 15.8 Å². The van der Waals surface area contributed by atoms with E-state index in [9.17, 15) is 9.59 Å². The molecule has 0 spiro atoms. The van der Waals surface area contributed by atoms with Gasteiger partial charge in [0.1, 0.15) is 4.88 Å². The number of carbonyl (C=O) groups is 2. The Labute approximate surface area is 129 Å². The summed E-state index contributed by atoms with van der Waals surface area (Å²) in [5.74, 6) is -0.840. The number of thiophene rings is 2. The Morgan fingerprint density at radius 2 is 2.15 bits per heavy atom. The Morgan fingerprint density at radius 1 is 1.30 bits per heavy atom. The minimum Gasteiger partial charge on any atom is -0.451 e. The fourth-order valence-corrected chi connectivity index (χ4v) is 3.10. The van der Waals surface area contributed by atoms with Crippen molar-refractivity contribution in [2.75, 3.05) is 13.2 Å². The molecule has 0 atom stereocenters. The summed E-state index contributed by atoms with van der Waals surface area (Å²) in [6.07, 6.45) is 0.776. The van der Waals surface area contributed by atoms with Gasteiger partial charge in [0, 0.05) is 11.4 Å². The first-order valence-electron chi connectivity index (χ1n) is 5.86. The number of amides is 1. The number of hydrogen-bond donors (Lipinski definition) is 1. The van der Waals surface area contributed by atoms with E-state index >= 15 is 0 Å². The zero-order valence-corrected chi connectivity index (χ0v) is 12.8. The van der Waals surface area contributed by atoms with Crippen molar-refractivity contribution < 1.29 is 14.3 Å². The van der Waals surface area contributed by atoms with Gasteiger partial charge in [-0.25, -0.2) is 4.79 Å². The van der Waals surface area contributed by atoms with E-state index in [2.05, 4.69) is 5.32 Å². The Balaban J connectivity index is 1.66. The number of carbonyl (C=O) groups excluding carboxylic acids is 2. The van der Waals surface area contributed by atoms with Gasteiger partial charge in [0.15, 0.2) is 6.61 Å². The van der Waals surface area contributed by atoms with Crippen molar-refractivity contribution in [2.24, 2.45) is 0 Å². The molecule has 4 nitrogen and oxygen atoms in total. The largest absolute Gasteiger partial charge is 0.451 e. The van der Waals surface area contributed by atoms with Crippen LogP contribution in [-0.2, 0) is 16.0 Å². The minimum absolute atomic E-state index is 0.279. The van der Waals surface area contributed by atoms with Gasteiger partial charge in [-0.05, 0) is 30.0 Å². The van der Waals surface area contributed by atoms with Crippen LogP contribution >= 0.6 is 34.3 Å². The lowest BCUT2D eigenvalue weighted by Crippen LogP contribution is -2.30. The second kappa shape index (κ2) is 7.42. The van der Waals surface area contributed by atoms with Gasteiger partial charge in [0.2, 0.25) is 0 Å². The maximum Gasteiger partial charge on any atom is 0.348 e. The SMILES string of the molecule is O=C(COC(=O)c1ccc(Cl)s1)NCCc1cccs1. The molecule has 7 heteroatoms. The highest BCUT2D eigenvalue weighted by molar-refractivity contribution is 7.17. The summed E-state index contributed by atoms with van der Waals surface area (Å²) in [5.41, 5.74) is 0. The molecular formula is C13H12ClNO3S2. The van der Waals surface area contributed by atoms with Gasteiger partial charge in [0.05, 0.1) is 4.34 Å². The van der Waals surface area contributed by atoms with Crippen LogP contribution in [0, 0.1) is 0 Å². The van der Waals surface area contributed by atoms with Crippen molar-refractivity contribution in [3.05, 3.63) is 43.7 Å². The number of halogens is 1. The maximum atomic E-state index is 11.6. The quantitative estimate of drug-likeness (QED) is 0.829. The van der Waals surface area contributed by atoms with Crippen LogP contribution in [0.1, 0.15) is 14.5 Å². The van der Waals surface area contributed by atoms with E-state index in [1.165, 1.54) is 4.88 Å². The van der Waals surface area contributed by atoms with Gasteiger partial charge < -0.3 is 10.1 Å². The lowest BCUT2D eigenvalue weighted by Gasteiger charge is -2.05. The van der Waals surface area contributed by atoms with Crippen LogP contribution in [0.15, 0.2) is 29.6 Å². The molecule has 0 saturated heterocycles. The third-order valence-electron chi connectivity index (χ3n) is 2.38. The highest BCUT2D eigenvalue weighted by Crippen LogP contribution is 2.21. The molecule has 20 heavy (non-hydrogen) atoms. The second-order valence-electron chi connectivity index (χ2n) is 3.86. The summed E-state index contributed by atoms with van der Waals surface area (Å²) >= 11 is 8.49. The predicted molar refractivity (Wildman–Crippen MR) is 80.6 cm³/mol. The fourth-order valence-electron chi connectivity index (χ4n) is 1.46. The lowest BCUT2D eigenvalue weighted by molar-refractivity contribution is -0.124. The van der Waals surface area contributed by atoms with Crippen LogP contribution in [0.5, 0.6) is 0 Å². The zero-order chi connectivity index (χ0) is 14.4. The molecule has 1 N–H and O–H groups in total. The van der Waals surface area contributed by atoms with Crippen LogP contribution in [0.3, 0.4) is 0 Å². The van der Waals surface area contributed by atoms with Crippen LogP contribution in [0.25, 0.3) is 0 Å². The van der Waals surface area contributed by atoms with Crippen molar-refractivity contribution in [1.82, 2.24) is 5.32 Å². The van der Waals surface area contributed by atoms with Crippen molar-refractivity contribution in [2.45, 2.75) is 6.42 Å². The third-order valence-corrected chi connectivity index (χ3v) is 4.53. The summed E-state index contributed by atoms with van der Waals surface area (Å²) in [7, 11) is 0. The molecule has 0 aliphatic carbocycles. The molecule has 2 heterocycles. The number of esters is 1. The molecule has 0 bridgehead atoms. The molecule has 2 rings (SSSR count). The average Bonchev–Trinajstić information content (AvgIpc) is 3.07. The molecule has 2 aromatic rings. The number of rotatable bonds is 6. The summed E-state index contributed by atoms with van der Waals surface area (Å²) in [6.45, 7) is 0.251. The highest BCUT2D eigenvalue weighted by Gasteiger charge is 2.12. The fraction of sp³-hybridized carbons (Fsp3) is 0.231. The third kappa shape index (κ3) is 4.63. The van der Waals surface area contributed by atoms with E-state index < -0.39 is 5.97 Å². The van der Waals surface area contributed by atoms with E-state index in [-0.39, 0.29) is 12.5 Å². The topological polar surface area (TPSA) is 55.4 Å². The molecule has 0 saturated carbocycles. The Bertz CT molecular complexity index is 580. The van der Waals surface area contributed by atoms with Gasteiger partial charge in [-0.3, -0.25) is 4.79 Å². The standard InChI is InChI=1S/C13H12ClNO3S2/c14-11-4-3-10(20-11)13(17)18-8-12(16)15-6-5-9-2-1-7-19-9/h1-4,7H,5-6,8H2,(H,15,16). The van der Waals surface area contributed by atoms with Crippen LogP contribution in [-0.4, -0.2) is 25.0 Å². The van der Waals surface area contributed by atoms with Gasteiger partial charge >= 0.3 is 5.97 Å². The molecule has 1 amide bonds. The van der Waals surface area contributed by atoms with Gasteiger partial charge in [0.25, 0.3) is 5.91 Å².